The average molecular weight is 390 g/mol. The van der Waals surface area contributed by atoms with Crippen molar-refractivity contribution < 1.29 is 4.74 Å². The van der Waals surface area contributed by atoms with Gasteiger partial charge in [0.25, 0.3) is 0 Å². The third kappa shape index (κ3) is 3.29. The molecule has 1 aliphatic heterocycles. The maximum atomic E-state index is 5.60. The van der Waals surface area contributed by atoms with E-state index in [9.17, 15) is 0 Å². The van der Waals surface area contributed by atoms with Gasteiger partial charge in [0.1, 0.15) is 17.9 Å². The van der Waals surface area contributed by atoms with E-state index in [2.05, 4.69) is 31.8 Å². The molecule has 3 aromatic heterocycles. The molecule has 0 spiro atoms. The zero-order chi connectivity index (χ0) is 19.8. The molecule has 9 heteroatoms. The van der Waals surface area contributed by atoms with E-state index in [0.717, 1.165) is 53.2 Å². The van der Waals surface area contributed by atoms with Gasteiger partial charge in [0.15, 0.2) is 0 Å². The highest BCUT2D eigenvalue weighted by Gasteiger charge is 2.17. The monoisotopic (exact) mass is 390 g/mol. The van der Waals surface area contributed by atoms with E-state index in [1.807, 2.05) is 36.1 Å². The molecule has 4 aromatic rings. The summed E-state index contributed by atoms with van der Waals surface area (Å²) in [6.07, 6.45) is 8.40. The van der Waals surface area contributed by atoms with Crippen molar-refractivity contribution in [3.8, 4) is 22.7 Å². The van der Waals surface area contributed by atoms with Gasteiger partial charge in [-0.05, 0) is 25.1 Å². The van der Waals surface area contributed by atoms with E-state index >= 15 is 0 Å². The van der Waals surface area contributed by atoms with Crippen molar-refractivity contribution in [1.29, 1.82) is 0 Å². The van der Waals surface area contributed by atoms with Crippen LogP contribution < -0.4 is 15.4 Å². The van der Waals surface area contributed by atoms with Crippen LogP contribution in [0, 0.1) is 0 Å². The van der Waals surface area contributed by atoms with E-state index in [0.29, 0.717) is 12.0 Å². The molecule has 29 heavy (non-hydrogen) atoms. The van der Waals surface area contributed by atoms with E-state index in [-0.39, 0.29) is 0 Å². The molecule has 4 heterocycles. The number of nitrogens with one attached hydrogen (secondary N) is 2. The minimum Gasteiger partial charge on any atom is -0.496 e. The molecule has 1 fully saturated rings. The maximum Gasteiger partial charge on any atom is 0.224 e. The van der Waals surface area contributed by atoms with Gasteiger partial charge in [0, 0.05) is 49.2 Å². The number of aryl methyl sites for hydroxylation is 1. The van der Waals surface area contributed by atoms with Crippen molar-refractivity contribution in [3.63, 3.8) is 0 Å². The number of hydrogen-bond donors (Lipinski definition) is 2. The Labute approximate surface area is 167 Å². The van der Waals surface area contributed by atoms with E-state index in [1.54, 1.807) is 24.3 Å². The van der Waals surface area contributed by atoms with Gasteiger partial charge in [-0.1, -0.05) is 0 Å². The van der Waals surface area contributed by atoms with E-state index < -0.39 is 0 Å². The second-order valence-electron chi connectivity index (χ2n) is 7.13. The lowest BCUT2D eigenvalue weighted by atomic mass is 10.1. The van der Waals surface area contributed by atoms with Crippen LogP contribution in [0.1, 0.15) is 6.42 Å². The second-order valence-corrected chi connectivity index (χ2v) is 7.13. The molecule has 1 aromatic carbocycles. The zero-order valence-corrected chi connectivity index (χ0v) is 16.3. The molecular formula is C20H22N8O. The number of fused-ring (bicyclic) bond motifs is 1. The topological polar surface area (TPSA) is 94.7 Å². The highest BCUT2D eigenvalue weighted by molar-refractivity contribution is 5.87. The summed E-state index contributed by atoms with van der Waals surface area (Å²) in [4.78, 5) is 13.6. The minimum absolute atomic E-state index is 0.353. The number of anilines is 1. The summed E-state index contributed by atoms with van der Waals surface area (Å²) in [5.41, 5.74) is 3.72. The SMILES string of the molecule is COc1cc2ncn(-c3ccnc(NC4CCNC4)n3)c2cc1-c1cnn(C)c1. The number of imidazole rings is 1. The Hall–Kier alpha value is -3.46. The average Bonchev–Trinajstić information content (AvgIpc) is 3.48. The van der Waals surface area contributed by atoms with Crippen LogP contribution in [0.5, 0.6) is 5.75 Å². The highest BCUT2D eigenvalue weighted by Crippen LogP contribution is 2.34. The Morgan fingerprint density at radius 1 is 1.28 bits per heavy atom. The van der Waals surface area contributed by atoms with Gasteiger partial charge in [-0.25, -0.2) is 9.97 Å². The highest BCUT2D eigenvalue weighted by atomic mass is 16.5. The van der Waals surface area contributed by atoms with Gasteiger partial charge in [-0.2, -0.15) is 10.1 Å². The fraction of sp³-hybridized carbons (Fsp3) is 0.300. The summed E-state index contributed by atoms with van der Waals surface area (Å²) in [5.74, 6) is 2.15. The van der Waals surface area contributed by atoms with Crippen molar-refractivity contribution in [2.75, 3.05) is 25.5 Å². The van der Waals surface area contributed by atoms with Crippen LogP contribution in [0.25, 0.3) is 28.0 Å². The van der Waals surface area contributed by atoms with Crippen molar-refractivity contribution in [1.82, 2.24) is 34.6 Å². The quantitative estimate of drug-likeness (QED) is 0.538. The third-order valence-corrected chi connectivity index (χ3v) is 5.17. The molecule has 1 aliphatic rings. The van der Waals surface area contributed by atoms with Crippen LogP contribution >= 0.6 is 0 Å². The Morgan fingerprint density at radius 2 is 2.21 bits per heavy atom. The molecule has 0 radical (unpaired) electrons. The van der Waals surface area contributed by atoms with E-state index in [1.165, 1.54) is 0 Å². The first-order valence-corrected chi connectivity index (χ1v) is 9.56. The van der Waals surface area contributed by atoms with Crippen molar-refractivity contribution >= 4 is 17.0 Å². The number of nitrogens with zero attached hydrogens (tertiary/aromatic N) is 6. The van der Waals surface area contributed by atoms with Crippen LogP contribution in [0.2, 0.25) is 0 Å². The molecule has 148 valence electrons. The summed E-state index contributed by atoms with van der Waals surface area (Å²) >= 11 is 0. The third-order valence-electron chi connectivity index (χ3n) is 5.17. The molecule has 9 nitrogen and oxygen atoms in total. The van der Waals surface area contributed by atoms with Gasteiger partial charge >= 0.3 is 0 Å². The fourth-order valence-electron chi connectivity index (χ4n) is 3.69. The van der Waals surface area contributed by atoms with Crippen LogP contribution in [-0.4, -0.2) is 55.5 Å². The molecular weight excluding hydrogens is 368 g/mol. The fourth-order valence-corrected chi connectivity index (χ4v) is 3.69. The largest absolute Gasteiger partial charge is 0.496 e. The second kappa shape index (κ2) is 7.17. The molecule has 1 atom stereocenters. The Bertz CT molecular complexity index is 1160. The first kappa shape index (κ1) is 17.6. The van der Waals surface area contributed by atoms with Gasteiger partial charge in [0.2, 0.25) is 5.95 Å². The van der Waals surface area contributed by atoms with Gasteiger partial charge in [-0.15, -0.1) is 0 Å². The lowest BCUT2D eigenvalue weighted by Gasteiger charge is -2.12. The van der Waals surface area contributed by atoms with Crippen LogP contribution in [-0.2, 0) is 7.05 Å². The summed E-state index contributed by atoms with van der Waals surface area (Å²) in [6.45, 7) is 1.94. The lowest BCUT2D eigenvalue weighted by Crippen LogP contribution is -2.23. The summed E-state index contributed by atoms with van der Waals surface area (Å²) < 4.78 is 9.34. The Morgan fingerprint density at radius 3 is 2.97 bits per heavy atom. The number of ether oxygens (including phenoxy) is 1. The number of benzene rings is 1. The molecule has 5 rings (SSSR count). The normalized spacial score (nSPS) is 16.4. The molecule has 0 saturated carbocycles. The summed E-state index contributed by atoms with van der Waals surface area (Å²) in [5, 5.41) is 11.0. The number of methoxy groups -OCH3 is 1. The molecule has 0 bridgehead atoms. The van der Waals surface area contributed by atoms with Crippen molar-refractivity contribution in [3.05, 3.63) is 43.1 Å². The van der Waals surface area contributed by atoms with Gasteiger partial charge < -0.3 is 15.4 Å². The first-order chi connectivity index (χ1) is 14.2. The van der Waals surface area contributed by atoms with Crippen LogP contribution in [0.4, 0.5) is 5.95 Å². The molecule has 1 unspecified atom stereocenters. The molecule has 1 saturated heterocycles. The molecule has 0 aliphatic carbocycles. The minimum atomic E-state index is 0.353. The van der Waals surface area contributed by atoms with Crippen molar-refractivity contribution in [2.24, 2.45) is 7.05 Å². The zero-order valence-electron chi connectivity index (χ0n) is 16.3. The predicted octanol–water partition coefficient (Wildman–Crippen LogP) is 2.00. The Balaban J connectivity index is 1.57. The number of rotatable bonds is 5. The van der Waals surface area contributed by atoms with Crippen LogP contribution in [0.15, 0.2) is 43.1 Å². The smallest absolute Gasteiger partial charge is 0.224 e. The van der Waals surface area contributed by atoms with E-state index in [4.69, 9.17) is 9.72 Å². The summed E-state index contributed by atoms with van der Waals surface area (Å²) in [7, 11) is 3.56. The van der Waals surface area contributed by atoms with Crippen LogP contribution in [0.3, 0.4) is 0 Å². The standard InChI is InChI=1S/C20H22N8O/c1-27-11-13(9-24-27)15-7-17-16(8-18(15)29-2)23-12-28(17)19-4-6-22-20(26-19)25-14-3-5-21-10-14/h4,6-9,11-12,14,21H,3,5,10H2,1-2H3,(H,22,25,26). The number of aromatic nitrogens is 6. The van der Waals surface area contributed by atoms with Gasteiger partial charge in [-0.3, -0.25) is 9.25 Å². The maximum absolute atomic E-state index is 5.60. The molecule has 0 amide bonds. The predicted molar refractivity (Wildman–Crippen MR) is 110 cm³/mol. The van der Waals surface area contributed by atoms with Gasteiger partial charge in [0.05, 0.1) is 24.3 Å². The van der Waals surface area contributed by atoms with Crippen molar-refractivity contribution in [2.45, 2.75) is 12.5 Å². The Kier molecular flexibility index (Phi) is 4.36. The molecule has 2 N–H and O–H groups in total. The summed E-state index contributed by atoms with van der Waals surface area (Å²) in [6, 6.07) is 6.24. The first-order valence-electron chi connectivity index (χ1n) is 9.56. The number of hydrogen-bond acceptors (Lipinski definition) is 7. The lowest BCUT2D eigenvalue weighted by molar-refractivity contribution is 0.417.